The zero-order chi connectivity index (χ0) is 13.0. The first-order valence-electron chi connectivity index (χ1n) is 7.18. The highest BCUT2D eigenvalue weighted by molar-refractivity contribution is 7.15. The highest BCUT2D eigenvalue weighted by Crippen LogP contribution is 2.30. The van der Waals surface area contributed by atoms with E-state index in [4.69, 9.17) is 0 Å². The second-order valence-corrected chi connectivity index (χ2v) is 6.23. The molecule has 1 N–H and O–H groups in total. The molecular weight excluding hydrogens is 242 g/mol. The smallest absolute Gasteiger partial charge is 0.185 e. The summed E-state index contributed by atoms with van der Waals surface area (Å²) in [5.41, 5.74) is 0. The second-order valence-electron chi connectivity index (χ2n) is 5.19. The lowest BCUT2D eigenvalue weighted by Crippen LogP contribution is -2.34. The van der Waals surface area contributed by atoms with Crippen molar-refractivity contribution in [2.24, 2.45) is 5.92 Å². The number of hydrogen-bond donors (Lipinski definition) is 1. The summed E-state index contributed by atoms with van der Waals surface area (Å²) in [5.74, 6) is 0.859. The van der Waals surface area contributed by atoms with Gasteiger partial charge in [-0.3, -0.25) is 0 Å². The van der Waals surface area contributed by atoms with E-state index in [-0.39, 0.29) is 0 Å². The predicted molar refractivity (Wildman–Crippen MR) is 79.4 cm³/mol. The van der Waals surface area contributed by atoms with Gasteiger partial charge in [0.15, 0.2) is 5.13 Å². The van der Waals surface area contributed by atoms with Crippen molar-refractivity contribution in [3.8, 4) is 0 Å². The number of nitrogens with zero attached hydrogens (tertiary/aromatic N) is 2. The Morgan fingerprint density at radius 3 is 3.11 bits per heavy atom. The third kappa shape index (κ3) is 3.23. The van der Waals surface area contributed by atoms with Crippen LogP contribution in [0, 0.1) is 5.92 Å². The summed E-state index contributed by atoms with van der Waals surface area (Å²) in [4.78, 5) is 8.45. The van der Waals surface area contributed by atoms with Gasteiger partial charge in [0.05, 0.1) is 0 Å². The maximum absolute atomic E-state index is 4.62. The first-order valence-corrected chi connectivity index (χ1v) is 8.00. The molecule has 102 valence electrons. The number of piperidine rings is 1. The third-order valence-corrected chi connectivity index (χ3v) is 5.06. The Morgan fingerprint density at radius 2 is 2.39 bits per heavy atom. The highest BCUT2D eigenvalue weighted by Gasteiger charge is 2.21. The van der Waals surface area contributed by atoms with E-state index in [0.29, 0.717) is 6.04 Å². The first kappa shape index (κ1) is 13.8. The van der Waals surface area contributed by atoms with Gasteiger partial charge in [-0.15, -0.1) is 11.3 Å². The molecule has 2 rings (SSSR count). The lowest BCUT2D eigenvalue weighted by atomic mass is 9.96. The number of aromatic nitrogens is 1. The highest BCUT2D eigenvalue weighted by atomic mass is 32.1. The van der Waals surface area contributed by atoms with Crippen LogP contribution >= 0.6 is 11.3 Å². The Morgan fingerprint density at radius 1 is 1.56 bits per heavy atom. The molecule has 0 saturated carbocycles. The Labute approximate surface area is 115 Å². The van der Waals surface area contributed by atoms with E-state index in [1.807, 2.05) is 17.5 Å². The minimum Gasteiger partial charge on any atom is -0.348 e. The topological polar surface area (TPSA) is 28.2 Å². The van der Waals surface area contributed by atoms with E-state index in [2.05, 4.69) is 36.0 Å². The molecule has 0 bridgehead atoms. The largest absolute Gasteiger partial charge is 0.348 e. The molecular formula is C14H25N3S. The summed E-state index contributed by atoms with van der Waals surface area (Å²) in [6.45, 7) is 10.0. The van der Waals surface area contributed by atoms with Crippen LogP contribution in [0.1, 0.15) is 51.0 Å². The molecule has 0 radical (unpaired) electrons. The molecule has 1 aliphatic heterocycles. The Balaban J connectivity index is 2.00. The quantitative estimate of drug-likeness (QED) is 0.886. The Bertz CT molecular complexity index is 364. The molecule has 1 aliphatic rings. The number of nitrogens with one attached hydrogen (secondary N) is 1. The summed E-state index contributed by atoms with van der Waals surface area (Å²) in [7, 11) is 0. The van der Waals surface area contributed by atoms with E-state index in [9.17, 15) is 0 Å². The van der Waals surface area contributed by atoms with Crippen molar-refractivity contribution in [1.29, 1.82) is 0 Å². The molecule has 2 atom stereocenters. The molecule has 18 heavy (non-hydrogen) atoms. The van der Waals surface area contributed by atoms with Crippen LogP contribution in [0.15, 0.2) is 6.20 Å². The number of rotatable bonds is 5. The van der Waals surface area contributed by atoms with E-state index in [1.54, 1.807) is 0 Å². The number of anilines is 1. The number of hydrogen-bond acceptors (Lipinski definition) is 4. The summed E-state index contributed by atoms with van der Waals surface area (Å²) >= 11 is 1.85. The monoisotopic (exact) mass is 267 g/mol. The average Bonchev–Trinajstić information content (AvgIpc) is 2.89. The molecule has 0 aliphatic carbocycles. The van der Waals surface area contributed by atoms with Gasteiger partial charge in [0.2, 0.25) is 0 Å². The third-order valence-electron chi connectivity index (χ3n) is 3.82. The van der Waals surface area contributed by atoms with Crippen molar-refractivity contribution >= 4 is 16.5 Å². The van der Waals surface area contributed by atoms with Gasteiger partial charge in [0.1, 0.15) is 0 Å². The van der Waals surface area contributed by atoms with E-state index < -0.39 is 0 Å². The van der Waals surface area contributed by atoms with Crippen molar-refractivity contribution in [2.75, 3.05) is 24.5 Å². The lowest BCUT2D eigenvalue weighted by molar-refractivity contribution is 0.404. The zero-order valence-electron chi connectivity index (χ0n) is 11.8. The standard InChI is InChI=1S/C14H25N3S/c1-4-12-7-6-8-17(10-12)14-16-9-13(18-14)11(3)15-5-2/h9,11-12,15H,4-8,10H2,1-3H3. The van der Waals surface area contributed by atoms with Crippen molar-refractivity contribution in [2.45, 2.75) is 46.1 Å². The fourth-order valence-corrected chi connectivity index (χ4v) is 3.58. The van der Waals surface area contributed by atoms with Crippen LogP contribution in [0.25, 0.3) is 0 Å². The zero-order valence-corrected chi connectivity index (χ0v) is 12.6. The molecule has 4 heteroatoms. The molecule has 1 saturated heterocycles. The van der Waals surface area contributed by atoms with Gasteiger partial charge < -0.3 is 10.2 Å². The summed E-state index contributed by atoms with van der Waals surface area (Å²) in [5, 5.41) is 4.67. The van der Waals surface area contributed by atoms with Gasteiger partial charge in [0, 0.05) is 30.2 Å². The van der Waals surface area contributed by atoms with Gasteiger partial charge in [-0.1, -0.05) is 20.3 Å². The van der Waals surface area contributed by atoms with Crippen LogP contribution in [0.3, 0.4) is 0 Å². The summed E-state index contributed by atoms with van der Waals surface area (Å²) in [6.07, 6.45) is 6.04. The molecule has 3 nitrogen and oxygen atoms in total. The van der Waals surface area contributed by atoms with Crippen LogP contribution in [-0.2, 0) is 0 Å². The minimum absolute atomic E-state index is 0.424. The van der Waals surface area contributed by atoms with Crippen molar-refractivity contribution in [1.82, 2.24) is 10.3 Å². The predicted octanol–water partition coefficient (Wildman–Crippen LogP) is 3.44. The van der Waals surface area contributed by atoms with E-state index >= 15 is 0 Å². The molecule has 0 aromatic carbocycles. The maximum atomic E-state index is 4.62. The van der Waals surface area contributed by atoms with Gasteiger partial charge in [0.25, 0.3) is 0 Å². The molecule has 2 unspecified atom stereocenters. The molecule has 1 aromatic rings. The first-order chi connectivity index (χ1) is 8.74. The second kappa shape index (κ2) is 6.53. The van der Waals surface area contributed by atoms with Gasteiger partial charge in [-0.25, -0.2) is 4.98 Å². The minimum atomic E-state index is 0.424. The van der Waals surface area contributed by atoms with Crippen molar-refractivity contribution in [3.05, 3.63) is 11.1 Å². The fraction of sp³-hybridized carbons (Fsp3) is 0.786. The molecule has 0 amide bonds. The maximum Gasteiger partial charge on any atom is 0.185 e. The molecule has 1 aromatic heterocycles. The lowest BCUT2D eigenvalue weighted by Gasteiger charge is -2.31. The molecule has 0 spiro atoms. The number of thiazole rings is 1. The SMILES string of the molecule is CCNC(C)c1cnc(N2CCCC(CC)C2)s1. The normalized spacial score (nSPS) is 22.2. The van der Waals surface area contributed by atoms with Crippen LogP contribution < -0.4 is 10.2 Å². The summed E-state index contributed by atoms with van der Waals surface area (Å²) < 4.78 is 0. The van der Waals surface area contributed by atoms with Crippen LogP contribution in [0.4, 0.5) is 5.13 Å². The van der Waals surface area contributed by atoms with Gasteiger partial charge in [-0.05, 0) is 32.2 Å². The van der Waals surface area contributed by atoms with Crippen molar-refractivity contribution < 1.29 is 0 Å². The molecule has 2 heterocycles. The fourth-order valence-electron chi connectivity index (χ4n) is 2.60. The Hall–Kier alpha value is -0.610. The Kier molecular flexibility index (Phi) is 5.01. The molecule has 1 fully saturated rings. The van der Waals surface area contributed by atoms with Crippen LogP contribution in [-0.4, -0.2) is 24.6 Å². The van der Waals surface area contributed by atoms with E-state index in [1.165, 1.54) is 42.4 Å². The summed E-state index contributed by atoms with van der Waals surface area (Å²) in [6, 6.07) is 0.424. The van der Waals surface area contributed by atoms with Crippen LogP contribution in [0.5, 0.6) is 0 Å². The van der Waals surface area contributed by atoms with Crippen molar-refractivity contribution in [3.63, 3.8) is 0 Å². The van der Waals surface area contributed by atoms with Gasteiger partial charge >= 0.3 is 0 Å². The average molecular weight is 267 g/mol. The van der Waals surface area contributed by atoms with Gasteiger partial charge in [-0.2, -0.15) is 0 Å². The van der Waals surface area contributed by atoms with E-state index in [0.717, 1.165) is 12.5 Å². The van der Waals surface area contributed by atoms with Crippen LogP contribution in [0.2, 0.25) is 0 Å².